The summed E-state index contributed by atoms with van der Waals surface area (Å²) in [6.45, 7) is 2.56. The van der Waals surface area contributed by atoms with Gasteiger partial charge in [0.1, 0.15) is 18.4 Å². The van der Waals surface area contributed by atoms with Crippen LogP contribution in [-0.4, -0.2) is 78.6 Å². The summed E-state index contributed by atoms with van der Waals surface area (Å²) < 4.78 is 7.31. The lowest BCUT2D eigenvalue weighted by Gasteiger charge is -2.27. The van der Waals surface area contributed by atoms with Gasteiger partial charge >= 0.3 is 12.1 Å². The molecule has 3 unspecified atom stereocenters. The molecule has 1 aliphatic heterocycles. The molecule has 37 heavy (non-hydrogen) atoms. The first kappa shape index (κ1) is 27.4. The smallest absolute Gasteiger partial charge is 0.412 e. The minimum Gasteiger partial charge on any atom is -0.480 e. The fourth-order valence-electron chi connectivity index (χ4n) is 4.20. The van der Waals surface area contributed by atoms with Crippen LogP contribution in [0.25, 0.3) is 11.2 Å². The topological polar surface area (TPSA) is 221 Å². The molecule has 0 saturated carbocycles. The molecule has 1 saturated heterocycles. The second-order valence-electron chi connectivity index (χ2n) is 8.77. The van der Waals surface area contributed by atoms with Gasteiger partial charge < -0.3 is 31.2 Å². The normalized spacial score (nSPS) is 16.8. The number of aromatic nitrogens is 4. The number of nitrogens with one attached hydrogen (secondary N) is 4. The fourth-order valence-corrected chi connectivity index (χ4v) is 4.20. The number of unbranched alkanes of at least 4 members (excludes halogenated alkanes) is 1. The second kappa shape index (κ2) is 12.7. The summed E-state index contributed by atoms with van der Waals surface area (Å²) in [5.41, 5.74) is 5.20. The van der Waals surface area contributed by atoms with Crippen molar-refractivity contribution >= 4 is 35.1 Å². The number of guanidine groups is 1. The Morgan fingerprint density at radius 2 is 2.11 bits per heavy atom. The van der Waals surface area contributed by atoms with Gasteiger partial charge in [-0.3, -0.25) is 24.5 Å². The predicted molar refractivity (Wildman–Crippen MR) is 132 cm³/mol. The number of hydrogen-bond acceptors (Lipinski definition) is 8. The highest BCUT2D eigenvalue weighted by Gasteiger charge is 2.37. The third-order valence-corrected chi connectivity index (χ3v) is 6.11. The molecule has 3 heterocycles. The number of aliphatic carboxylic acids is 1. The summed E-state index contributed by atoms with van der Waals surface area (Å²) in [5, 5.41) is 21.8. The number of carbonyl (C=O) groups excluding carboxylic acids is 2. The number of ether oxygens (including phenoxy) is 1. The summed E-state index contributed by atoms with van der Waals surface area (Å²) in [6.07, 6.45) is 4.54. The average molecular weight is 520 g/mol. The van der Waals surface area contributed by atoms with Crippen LogP contribution in [0.1, 0.15) is 58.1 Å². The molecule has 2 amide bonds. The fraction of sp³-hybridized carbons (Fsp3) is 0.591. The lowest BCUT2D eigenvalue weighted by molar-refractivity contribution is -0.142. The van der Waals surface area contributed by atoms with E-state index in [1.807, 2.05) is 6.92 Å². The van der Waals surface area contributed by atoms with E-state index in [0.29, 0.717) is 32.2 Å². The maximum absolute atomic E-state index is 13.2. The van der Waals surface area contributed by atoms with Gasteiger partial charge in [0, 0.05) is 19.5 Å². The van der Waals surface area contributed by atoms with E-state index in [4.69, 9.17) is 15.9 Å². The van der Waals surface area contributed by atoms with Crippen molar-refractivity contribution in [1.29, 1.82) is 5.41 Å². The summed E-state index contributed by atoms with van der Waals surface area (Å²) in [7, 11) is 0. The SMILES string of the molecule is CCCCC(OC(=O)N1CCCC1C(=O)NC(CCCNC(=N)N)C(=O)O)n1cnc2c(=O)[nH]cnc21. The first-order valence-corrected chi connectivity index (χ1v) is 12.2. The quantitative estimate of drug-likeness (QED) is 0.127. The molecular formula is C22H33N9O6. The molecule has 1 fully saturated rings. The number of rotatable bonds is 12. The summed E-state index contributed by atoms with van der Waals surface area (Å²) in [6, 6.07) is -2.03. The standard InChI is InChI=1S/C22H33N9O6/c1-2-3-8-15(31-12-28-16-17(31)26-11-27-19(16)33)37-22(36)30-10-5-7-14(30)18(32)29-13(20(34)35)6-4-9-25-21(23)24/h11-15H,2-10H2,1H3,(H,29,32)(H,34,35)(H4,23,24,25)(H,26,27,33). The number of H-pyrrole nitrogens is 1. The molecule has 7 N–H and O–H groups in total. The van der Waals surface area contributed by atoms with Crippen molar-refractivity contribution in [3.05, 3.63) is 23.0 Å². The third-order valence-electron chi connectivity index (χ3n) is 6.11. The van der Waals surface area contributed by atoms with Crippen LogP contribution in [-0.2, 0) is 14.3 Å². The molecule has 0 radical (unpaired) electrons. The van der Waals surface area contributed by atoms with E-state index >= 15 is 0 Å². The Bertz CT molecular complexity index is 1180. The Labute approximate surface area is 212 Å². The minimum absolute atomic E-state index is 0.122. The molecule has 2 aromatic heterocycles. The van der Waals surface area contributed by atoms with Crippen molar-refractivity contribution in [2.75, 3.05) is 13.1 Å². The number of nitrogens with zero attached hydrogens (tertiary/aromatic N) is 4. The van der Waals surface area contributed by atoms with Crippen LogP contribution in [0.2, 0.25) is 0 Å². The van der Waals surface area contributed by atoms with E-state index in [0.717, 1.165) is 12.8 Å². The van der Waals surface area contributed by atoms with Crippen LogP contribution in [0.4, 0.5) is 4.79 Å². The Kier molecular flexibility index (Phi) is 9.40. The van der Waals surface area contributed by atoms with Gasteiger partial charge in [-0.2, -0.15) is 0 Å². The highest BCUT2D eigenvalue weighted by atomic mass is 16.6. The first-order valence-electron chi connectivity index (χ1n) is 12.2. The monoisotopic (exact) mass is 519 g/mol. The van der Waals surface area contributed by atoms with E-state index in [1.54, 1.807) is 0 Å². The number of fused-ring (bicyclic) bond motifs is 1. The Balaban J connectivity index is 1.69. The van der Waals surface area contributed by atoms with Crippen LogP contribution in [0.15, 0.2) is 17.4 Å². The van der Waals surface area contributed by atoms with Crippen molar-refractivity contribution < 1.29 is 24.2 Å². The van der Waals surface area contributed by atoms with E-state index < -0.39 is 41.8 Å². The first-order chi connectivity index (χ1) is 17.7. The molecule has 3 atom stereocenters. The summed E-state index contributed by atoms with van der Waals surface area (Å²) in [5.74, 6) is -2.00. The van der Waals surface area contributed by atoms with E-state index in [2.05, 4.69) is 25.6 Å². The molecule has 0 bridgehead atoms. The van der Waals surface area contributed by atoms with Crippen molar-refractivity contribution in [3.8, 4) is 0 Å². The molecule has 202 valence electrons. The zero-order valence-electron chi connectivity index (χ0n) is 20.6. The van der Waals surface area contributed by atoms with Crippen LogP contribution in [0.5, 0.6) is 0 Å². The van der Waals surface area contributed by atoms with Gasteiger partial charge in [0.2, 0.25) is 5.91 Å². The number of nitrogens with two attached hydrogens (primary N) is 1. The van der Waals surface area contributed by atoms with Gasteiger partial charge in [0.15, 0.2) is 23.4 Å². The van der Waals surface area contributed by atoms with Gasteiger partial charge in [-0.25, -0.2) is 19.6 Å². The Hall–Kier alpha value is -4.17. The molecule has 3 rings (SSSR count). The van der Waals surface area contributed by atoms with Crippen LogP contribution >= 0.6 is 0 Å². The Morgan fingerprint density at radius 1 is 1.32 bits per heavy atom. The number of carboxylic acid groups (broad SMARTS) is 1. The number of imidazole rings is 1. The van der Waals surface area contributed by atoms with Crippen molar-refractivity contribution in [1.82, 2.24) is 35.1 Å². The van der Waals surface area contributed by atoms with E-state index in [9.17, 15) is 24.3 Å². The number of carbonyl (C=O) groups is 3. The lowest BCUT2D eigenvalue weighted by atomic mass is 10.1. The van der Waals surface area contributed by atoms with Crippen LogP contribution < -0.4 is 21.9 Å². The molecule has 15 heteroatoms. The van der Waals surface area contributed by atoms with Crippen LogP contribution in [0, 0.1) is 5.41 Å². The van der Waals surface area contributed by atoms with E-state index in [-0.39, 0.29) is 30.1 Å². The molecule has 0 aliphatic carbocycles. The van der Waals surface area contributed by atoms with Crippen molar-refractivity contribution in [3.63, 3.8) is 0 Å². The minimum atomic E-state index is -1.20. The zero-order chi connectivity index (χ0) is 26.9. The maximum Gasteiger partial charge on any atom is 0.412 e. The molecular weight excluding hydrogens is 486 g/mol. The molecule has 15 nitrogen and oxygen atoms in total. The third kappa shape index (κ3) is 6.95. The number of carboxylic acids is 1. The van der Waals surface area contributed by atoms with Gasteiger partial charge in [-0.05, 0) is 32.1 Å². The average Bonchev–Trinajstić information content (AvgIpc) is 3.51. The number of likely N-dealkylation sites (tertiary alicyclic amines) is 1. The summed E-state index contributed by atoms with van der Waals surface area (Å²) in [4.78, 5) is 61.8. The van der Waals surface area contributed by atoms with E-state index in [1.165, 1.54) is 22.1 Å². The van der Waals surface area contributed by atoms with Gasteiger partial charge in [-0.1, -0.05) is 13.3 Å². The van der Waals surface area contributed by atoms with Gasteiger partial charge in [-0.15, -0.1) is 0 Å². The van der Waals surface area contributed by atoms with Crippen molar-refractivity contribution in [2.24, 2.45) is 5.73 Å². The van der Waals surface area contributed by atoms with Crippen LogP contribution in [0.3, 0.4) is 0 Å². The maximum atomic E-state index is 13.2. The number of aromatic amines is 1. The second-order valence-corrected chi connectivity index (χ2v) is 8.77. The molecule has 2 aromatic rings. The molecule has 0 spiro atoms. The number of amides is 2. The molecule has 0 aromatic carbocycles. The largest absolute Gasteiger partial charge is 0.480 e. The zero-order valence-corrected chi connectivity index (χ0v) is 20.6. The Morgan fingerprint density at radius 3 is 2.81 bits per heavy atom. The highest BCUT2D eigenvalue weighted by Crippen LogP contribution is 2.25. The molecule has 1 aliphatic rings. The summed E-state index contributed by atoms with van der Waals surface area (Å²) >= 11 is 0. The van der Waals surface area contributed by atoms with Gasteiger partial charge in [0.25, 0.3) is 5.56 Å². The van der Waals surface area contributed by atoms with Crippen molar-refractivity contribution in [2.45, 2.75) is 70.2 Å². The number of hydrogen-bond donors (Lipinski definition) is 6. The van der Waals surface area contributed by atoms with Gasteiger partial charge in [0.05, 0.1) is 6.33 Å². The highest BCUT2D eigenvalue weighted by molar-refractivity contribution is 5.89. The lowest BCUT2D eigenvalue weighted by Crippen LogP contribution is -2.51. The predicted octanol–water partition coefficient (Wildman–Crippen LogP) is 0.242.